The minimum Gasteiger partial charge on any atom is -0.457 e. The number of carbonyl (C=O) groups is 2. The quantitative estimate of drug-likeness (QED) is 0.785. The molecule has 0 radical (unpaired) electrons. The summed E-state index contributed by atoms with van der Waals surface area (Å²) in [5.74, 6) is -1.80. The molecule has 2 aromatic rings. The van der Waals surface area contributed by atoms with Crippen LogP contribution >= 0.6 is 15.9 Å². The van der Waals surface area contributed by atoms with Gasteiger partial charge in [0.05, 0.1) is 5.56 Å². The predicted molar refractivity (Wildman–Crippen MR) is 71.3 cm³/mol. The summed E-state index contributed by atoms with van der Waals surface area (Å²) < 4.78 is 32.6. The van der Waals surface area contributed by atoms with E-state index in [1.807, 2.05) is 0 Å². The number of hydrogen-bond acceptors (Lipinski definition) is 3. The van der Waals surface area contributed by atoms with Gasteiger partial charge in [0, 0.05) is 22.2 Å². The van der Waals surface area contributed by atoms with Crippen molar-refractivity contribution in [3.05, 3.63) is 57.6 Å². The third-order valence-electron chi connectivity index (χ3n) is 2.51. The largest absolute Gasteiger partial charge is 0.457 e. The molecule has 0 aliphatic heterocycles. The Hall–Kier alpha value is -2.08. The summed E-state index contributed by atoms with van der Waals surface area (Å²) in [7, 11) is 0. The summed E-state index contributed by atoms with van der Waals surface area (Å²) in [6.45, 7) is 0. The molecule has 0 aliphatic rings. The van der Waals surface area contributed by atoms with E-state index < -0.39 is 17.2 Å². The van der Waals surface area contributed by atoms with E-state index in [-0.39, 0.29) is 12.0 Å². The van der Waals surface area contributed by atoms with Crippen LogP contribution in [0.3, 0.4) is 0 Å². The molecule has 0 spiro atoms. The molecule has 0 bridgehead atoms. The molecule has 102 valence electrons. The molecular formula is C14H7BrF2O3. The third kappa shape index (κ3) is 2.91. The lowest BCUT2D eigenvalue weighted by atomic mass is 10.2. The minimum absolute atomic E-state index is 0.0867. The van der Waals surface area contributed by atoms with E-state index in [1.165, 1.54) is 18.2 Å². The maximum atomic E-state index is 13.4. The SMILES string of the molecule is O=Cc1ccc(Oc2cc(F)c(C=O)c(F)c2)cc1Br. The standard InChI is InChI=1S/C14H7BrF2O3/c15-12-3-9(2-1-8(12)6-18)20-10-4-13(16)11(7-19)14(17)5-10/h1-7H. The highest BCUT2D eigenvalue weighted by molar-refractivity contribution is 9.10. The van der Waals surface area contributed by atoms with Gasteiger partial charge in [0.2, 0.25) is 0 Å². The molecule has 2 aromatic carbocycles. The summed E-state index contributed by atoms with van der Waals surface area (Å²) in [5, 5.41) is 0. The molecule has 0 unspecified atom stereocenters. The lowest BCUT2D eigenvalue weighted by molar-refractivity contribution is 0.111. The van der Waals surface area contributed by atoms with Crippen LogP contribution in [0, 0.1) is 11.6 Å². The zero-order chi connectivity index (χ0) is 14.7. The van der Waals surface area contributed by atoms with Crippen LogP contribution in [0.15, 0.2) is 34.8 Å². The number of benzene rings is 2. The Kier molecular flexibility index (Phi) is 4.24. The lowest BCUT2D eigenvalue weighted by Gasteiger charge is -2.08. The van der Waals surface area contributed by atoms with Crippen molar-refractivity contribution in [1.82, 2.24) is 0 Å². The number of halogens is 3. The molecule has 0 saturated carbocycles. The first kappa shape index (κ1) is 14.3. The van der Waals surface area contributed by atoms with Crippen LogP contribution in [-0.4, -0.2) is 12.6 Å². The van der Waals surface area contributed by atoms with Crippen LogP contribution in [0.4, 0.5) is 8.78 Å². The molecule has 0 heterocycles. The van der Waals surface area contributed by atoms with Crippen molar-refractivity contribution in [3.63, 3.8) is 0 Å². The van der Waals surface area contributed by atoms with Gasteiger partial charge >= 0.3 is 0 Å². The Morgan fingerprint density at radius 1 is 0.950 bits per heavy atom. The van der Waals surface area contributed by atoms with Gasteiger partial charge in [-0.15, -0.1) is 0 Å². The fourth-order valence-corrected chi connectivity index (χ4v) is 1.99. The molecule has 20 heavy (non-hydrogen) atoms. The van der Waals surface area contributed by atoms with E-state index >= 15 is 0 Å². The fourth-order valence-electron chi connectivity index (χ4n) is 1.54. The van der Waals surface area contributed by atoms with E-state index in [1.54, 1.807) is 0 Å². The molecule has 2 rings (SSSR count). The van der Waals surface area contributed by atoms with Crippen molar-refractivity contribution in [2.24, 2.45) is 0 Å². The van der Waals surface area contributed by atoms with Gasteiger partial charge in [0.1, 0.15) is 23.1 Å². The molecule has 0 N–H and O–H groups in total. The summed E-state index contributed by atoms with van der Waals surface area (Å²) in [6.07, 6.45) is 0.760. The lowest BCUT2D eigenvalue weighted by Crippen LogP contribution is -1.95. The molecule has 0 aliphatic carbocycles. The van der Waals surface area contributed by atoms with Gasteiger partial charge in [-0.3, -0.25) is 9.59 Å². The molecule has 3 nitrogen and oxygen atoms in total. The van der Waals surface area contributed by atoms with Gasteiger partial charge in [-0.05, 0) is 34.1 Å². The summed E-state index contributed by atoms with van der Waals surface area (Å²) in [5.41, 5.74) is -0.221. The maximum absolute atomic E-state index is 13.4. The van der Waals surface area contributed by atoms with E-state index in [9.17, 15) is 18.4 Å². The third-order valence-corrected chi connectivity index (χ3v) is 3.19. The van der Waals surface area contributed by atoms with Gasteiger partial charge in [0.25, 0.3) is 0 Å². The number of ether oxygens (including phenoxy) is 1. The van der Waals surface area contributed by atoms with Crippen molar-refractivity contribution in [3.8, 4) is 11.5 Å². The molecule has 0 amide bonds. The Bertz CT molecular complexity index is 663. The average Bonchev–Trinajstić information content (AvgIpc) is 2.38. The normalized spacial score (nSPS) is 10.2. The second-order valence-corrected chi connectivity index (χ2v) is 4.68. The van der Waals surface area contributed by atoms with Crippen LogP contribution in [0.2, 0.25) is 0 Å². The van der Waals surface area contributed by atoms with Crippen LogP contribution in [0.5, 0.6) is 11.5 Å². The highest BCUT2D eigenvalue weighted by Crippen LogP contribution is 2.28. The average molecular weight is 341 g/mol. The van der Waals surface area contributed by atoms with Crippen molar-refractivity contribution in [2.75, 3.05) is 0 Å². The highest BCUT2D eigenvalue weighted by Gasteiger charge is 2.12. The second kappa shape index (κ2) is 5.92. The van der Waals surface area contributed by atoms with E-state index in [0.29, 0.717) is 22.1 Å². The number of carbonyl (C=O) groups excluding carboxylic acids is 2. The van der Waals surface area contributed by atoms with Gasteiger partial charge < -0.3 is 4.74 Å². The maximum Gasteiger partial charge on any atom is 0.155 e. The zero-order valence-corrected chi connectivity index (χ0v) is 11.5. The second-order valence-electron chi connectivity index (χ2n) is 3.82. The monoisotopic (exact) mass is 340 g/mol. The van der Waals surface area contributed by atoms with Crippen molar-refractivity contribution >= 4 is 28.5 Å². The Morgan fingerprint density at radius 2 is 1.60 bits per heavy atom. The van der Waals surface area contributed by atoms with E-state index in [2.05, 4.69) is 15.9 Å². The predicted octanol–water partition coefficient (Wildman–Crippen LogP) is 4.14. The smallest absolute Gasteiger partial charge is 0.155 e. The first-order valence-corrected chi connectivity index (χ1v) is 6.21. The number of aldehydes is 2. The van der Waals surface area contributed by atoms with Crippen molar-refractivity contribution in [2.45, 2.75) is 0 Å². The molecule has 6 heteroatoms. The molecule has 0 atom stereocenters. The van der Waals surface area contributed by atoms with Gasteiger partial charge in [0.15, 0.2) is 12.6 Å². The fraction of sp³-hybridized carbons (Fsp3) is 0. The minimum atomic E-state index is -1.00. The van der Waals surface area contributed by atoms with Crippen molar-refractivity contribution in [1.29, 1.82) is 0 Å². The van der Waals surface area contributed by atoms with Gasteiger partial charge in [-0.1, -0.05) is 0 Å². The molecular weight excluding hydrogens is 334 g/mol. The Balaban J connectivity index is 2.33. The van der Waals surface area contributed by atoms with Crippen LogP contribution in [-0.2, 0) is 0 Å². The van der Waals surface area contributed by atoms with E-state index in [0.717, 1.165) is 12.1 Å². The molecule has 0 fully saturated rings. The summed E-state index contributed by atoms with van der Waals surface area (Å²) in [4.78, 5) is 21.1. The highest BCUT2D eigenvalue weighted by atomic mass is 79.9. The molecule has 0 saturated heterocycles. The summed E-state index contributed by atoms with van der Waals surface area (Å²) in [6, 6.07) is 6.30. The van der Waals surface area contributed by atoms with Gasteiger partial charge in [-0.25, -0.2) is 8.78 Å². The topological polar surface area (TPSA) is 43.4 Å². The van der Waals surface area contributed by atoms with Crippen molar-refractivity contribution < 1.29 is 23.1 Å². The molecule has 0 aromatic heterocycles. The summed E-state index contributed by atoms with van der Waals surface area (Å²) >= 11 is 3.17. The Labute approximate surface area is 121 Å². The Morgan fingerprint density at radius 3 is 2.10 bits per heavy atom. The van der Waals surface area contributed by atoms with Crippen LogP contribution in [0.25, 0.3) is 0 Å². The van der Waals surface area contributed by atoms with Gasteiger partial charge in [-0.2, -0.15) is 0 Å². The van der Waals surface area contributed by atoms with Crippen LogP contribution in [0.1, 0.15) is 20.7 Å². The van der Waals surface area contributed by atoms with Crippen LogP contribution < -0.4 is 4.74 Å². The number of hydrogen-bond donors (Lipinski definition) is 0. The number of rotatable bonds is 4. The zero-order valence-electron chi connectivity index (χ0n) is 9.90. The van der Waals surface area contributed by atoms with E-state index in [4.69, 9.17) is 4.74 Å². The first-order valence-electron chi connectivity index (χ1n) is 5.42. The first-order chi connectivity index (χ1) is 9.55.